The van der Waals surface area contributed by atoms with Gasteiger partial charge in [-0.15, -0.1) is 10.2 Å². The fourth-order valence-corrected chi connectivity index (χ4v) is 10.2. The van der Waals surface area contributed by atoms with E-state index in [2.05, 4.69) is 81.9 Å². The normalized spacial score (nSPS) is 15.6. The van der Waals surface area contributed by atoms with Gasteiger partial charge in [-0.05, 0) is 120 Å². The lowest BCUT2D eigenvalue weighted by atomic mass is 9.80. The van der Waals surface area contributed by atoms with E-state index in [0.29, 0.717) is 63.7 Å². The summed E-state index contributed by atoms with van der Waals surface area (Å²) in [6.45, 7) is 22.0. The van der Waals surface area contributed by atoms with Gasteiger partial charge in [-0.25, -0.2) is 34.0 Å². The molecule has 0 atom stereocenters. The molecular formula is C48H70BIN12O10S2. The minimum absolute atomic E-state index is 0.153. The Morgan fingerprint density at radius 2 is 1.14 bits per heavy atom. The number of piperidine rings is 2. The molecular weight excluding hydrogens is 1110 g/mol. The number of pyridine rings is 2. The maximum Gasteiger partial charge on any atom is 0.494 e. The second-order valence-corrected chi connectivity index (χ2v) is 23.8. The van der Waals surface area contributed by atoms with E-state index in [0.717, 1.165) is 46.5 Å². The summed E-state index contributed by atoms with van der Waals surface area (Å²) in [5, 5.41) is 56.1. The number of carbonyl (C=O) groups excluding carboxylic acids is 2. The number of nitrogens with zero attached hydrogens (tertiary/aromatic N) is 10. The number of hydrogen-bond donors (Lipinski definition) is 6. The van der Waals surface area contributed by atoms with Crippen molar-refractivity contribution in [2.45, 2.75) is 129 Å². The molecule has 2 amide bonds. The number of alkyl carbamates (subject to hydrolysis) is 2. The molecule has 74 heavy (non-hydrogen) atoms. The smallest absolute Gasteiger partial charge is 0.481 e. The standard InChI is InChI=1S/C24H34N6O4S.C15H22IN5O3S.C9H14BNO3/c1-15(2)17-8-7-16(19(27-17)33-6)18-13-25-20-30(18)28-21(35-20)29-11-9-24(32,10-12-29)14-26-22(31)34-23(3,4)5;1-14(2,3)24-13(22)18-9-15(23)4-6-20(7-5-15)12-19-21-10(16)8-17-11(21)25-12;1-6(2)8-5-4-7(10(12)13)9(11-8)14-3/h7-8,13,15,32H,9-12,14H2,1-6H3,(H,26,31);8,23H,4-7,9H2,1-3H3,(H,18,22);4-6,12-13H,1-3H3. The summed E-state index contributed by atoms with van der Waals surface area (Å²) < 4.78 is 25.6. The molecule has 0 radical (unpaired) electrons. The molecule has 2 fully saturated rings. The Labute approximate surface area is 453 Å². The van der Waals surface area contributed by atoms with Crippen LogP contribution in [-0.2, 0) is 9.47 Å². The van der Waals surface area contributed by atoms with E-state index >= 15 is 0 Å². The summed E-state index contributed by atoms with van der Waals surface area (Å²) in [6, 6.07) is 7.39. The number of halogens is 1. The molecule has 0 aliphatic carbocycles. The van der Waals surface area contributed by atoms with Crippen LogP contribution < -0.4 is 35.4 Å². The van der Waals surface area contributed by atoms with Gasteiger partial charge in [-0.1, -0.05) is 56.4 Å². The van der Waals surface area contributed by atoms with Crippen LogP contribution in [0.3, 0.4) is 0 Å². The highest BCUT2D eigenvalue weighted by molar-refractivity contribution is 14.1. The minimum atomic E-state index is -1.54. The molecule has 0 aromatic carbocycles. The molecule has 0 spiro atoms. The SMILES string of the molecule is CC(C)(C)OC(=O)NCC1(O)CCN(c2nn3c(I)cnc3s2)CC1.COc1nc(C(C)C)ccc1-c1cnc2sc(N3CCC(O)(CNC(=O)OC(C)(C)C)CC3)nn12.COc1nc(C(C)C)ccc1B(O)O. The maximum atomic E-state index is 12.0. The molecule has 2 saturated heterocycles. The van der Waals surface area contributed by atoms with Crippen molar-refractivity contribution in [3.63, 3.8) is 0 Å². The number of imidazole rings is 2. The van der Waals surface area contributed by atoms with Crippen molar-refractivity contribution < 1.29 is 48.8 Å². The lowest BCUT2D eigenvalue weighted by Crippen LogP contribution is -2.51. The molecule has 8 rings (SSSR count). The van der Waals surface area contributed by atoms with Gasteiger partial charge in [0, 0.05) is 56.1 Å². The van der Waals surface area contributed by atoms with Crippen LogP contribution in [0.15, 0.2) is 36.7 Å². The van der Waals surface area contributed by atoms with Crippen molar-refractivity contribution in [3.8, 4) is 23.0 Å². The summed E-state index contributed by atoms with van der Waals surface area (Å²) in [7, 11) is 1.53. The molecule has 0 saturated carbocycles. The van der Waals surface area contributed by atoms with Gasteiger partial charge in [0.15, 0.2) is 0 Å². The van der Waals surface area contributed by atoms with E-state index in [4.69, 9.17) is 34.1 Å². The highest BCUT2D eigenvalue weighted by Gasteiger charge is 2.36. The Balaban J connectivity index is 0.000000198. The highest BCUT2D eigenvalue weighted by atomic mass is 127. The largest absolute Gasteiger partial charge is 0.494 e. The third-order valence-corrected chi connectivity index (χ3v) is 14.6. The van der Waals surface area contributed by atoms with Crippen LogP contribution in [0.2, 0.25) is 0 Å². The molecule has 6 N–H and O–H groups in total. The van der Waals surface area contributed by atoms with E-state index in [1.54, 1.807) is 31.6 Å². The van der Waals surface area contributed by atoms with Gasteiger partial charge in [0.05, 0.1) is 49.1 Å². The maximum absolute atomic E-state index is 12.0. The Hall–Kier alpha value is -5.13. The zero-order valence-corrected chi connectivity index (χ0v) is 48.0. The van der Waals surface area contributed by atoms with Gasteiger partial charge in [-0.2, -0.15) is 4.52 Å². The monoisotopic (exact) mass is 1180 g/mol. The van der Waals surface area contributed by atoms with Gasteiger partial charge < -0.3 is 59.6 Å². The van der Waals surface area contributed by atoms with E-state index in [1.807, 2.05) is 76.6 Å². The van der Waals surface area contributed by atoms with Gasteiger partial charge in [-0.3, -0.25) is 0 Å². The molecule has 2 aliphatic rings. The summed E-state index contributed by atoms with van der Waals surface area (Å²) in [5.41, 5.74) is 0.756. The number of aromatic nitrogens is 8. The molecule has 8 heterocycles. The molecule has 0 bridgehead atoms. The predicted molar refractivity (Wildman–Crippen MR) is 294 cm³/mol. The van der Waals surface area contributed by atoms with Crippen LogP contribution in [0.4, 0.5) is 19.9 Å². The van der Waals surface area contributed by atoms with Crippen molar-refractivity contribution in [3.05, 3.63) is 51.7 Å². The second-order valence-electron chi connectivity index (χ2n) is 20.8. The van der Waals surface area contributed by atoms with Crippen LogP contribution in [0, 0.1) is 3.70 Å². The van der Waals surface area contributed by atoms with Gasteiger partial charge in [0.2, 0.25) is 31.9 Å². The Morgan fingerprint density at radius 3 is 1.57 bits per heavy atom. The first-order valence-corrected chi connectivity index (χ1v) is 27.1. The number of amides is 2. The number of rotatable bonds is 12. The topological polar surface area (TPSA) is 269 Å². The van der Waals surface area contributed by atoms with Crippen molar-refractivity contribution in [1.82, 2.24) is 49.8 Å². The third-order valence-electron chi connectivity index (χ3n) is 11.9. The van der Waals surface area contributed by atoms with Crippen LogP contribution in [0.5, 0.6) is 11.8 Å². The van der Waals surface area contributed by atoms with Crippen molar-refractivity contribution in [1.29, 1.82) is 0 Å². The van der Waals surface area contributed by atoms with Crippen LogP contribution in [0.25, 0.3) is 21.2 Å². The summed E-state index contributed by atoms with van der Waals surface area (Å²) in [5.74, 6) is 1.40. The van der Waals surface area contributed by atoms with Crippen molar-refractivity contribution in [2.75, 3.05) is 63.3 Å². The fraction of sp³-hybridized carbons (Fsp3) is 0.583. The lowest BCUT2D eigenvalue weighted by Gasteiger charge is -2.38. The van der Waals surface area contributed by atoms with Gasteiger partial charge in [0.25, 0.3) is 0 Å². The van der Waals surface area contributed by atoms with E-state index in [9.17, 15) is 19.8 Å². The highest BCUT2D eigenvalue weighted by Crippen LogP contribution is 2.35. The van der Waals surface area contributed by atoms with E-state index in [-0.39, 0.29) is 30.4 Å². The zero-order chi connectivity index (χ0) is 54.3. The third kappa shape index (κ3) is 15.5. The number of hydrogen-bond acceptors (Lipinski definition) is 20. The second kappa shape index (κ2) is 24.3. The first-order chi connectivity index (χ1) is 34.7. The Kier molecular flexibility index (Phi) is 19.1. The molecule has 6 aromatic heterocycles. The van der Waals surface area contributed by atoms with Gasteiger partial charge >= 0.3 is 19.3 Å². The molecule has 2 aliphatic heterocycles. The van der Waals surface area contributed by atoms with Crippen LogP contribution in [0.1, 0.15) is 118 Å². The van der Waals surface area contributed by atoms with Crippen molar-refractivity contribution >= 4 is 90.2 Å². The van der Waals surface area contributed by atoms with E-state index < -0.39 is 41.7 Å². The Bertz CT molecular complexity index is 2830. The number of fused-ring (bicyclic) bond motifs is 2. The number of anilines is 2. The summed E-state index contributed by atoms with van der Waals surface area (Å²) in [6.07, 6.45) is 4.68. The minimum Gasteiger partial charge on any atom is -0.481 e. The molecule has 0 unspecified atom stereocenters. The first-order valence-electron chi connectivity index (χ1n) is 24.4. The number of carbonyl (C=O) groups is 2. The molecule has 22 nitrogen and oxygen atoms in total. The Morgan fingerprint density at radius 1 is 0.703 bits per heavy atom. The first kappa shape index (κ1) is 58.1. The summed E-state index contributed by atoms with van der Waals surface area (Å²) >= 11 is 5.24. The van der Waals surface area contributed by atoms with Crippen molar-refractivity contribution in [2.24, 2.45) is 0 Å². The molecule has 26 heteroatoms. The van der Waals surface area contributed by atoms with Gasteiger partial charge in [0.1, 0.15) is 14.9 Å². The number of ether oxygens (including phenoxy) is 4. The summed E-state index contributed by atoms with van der Waals surface area (Å²) in [4.78, 5) is 47.3. The lowest BCUT2D eigenvalue weighted by molar-refractivity contribution is 0.00798. The van der Waals surface area contributed by atoms with Crippen LogP contribution in [-0.4, -0.2) is 155 Å². The van der Waals surface area contributed by atoms with Crippen LogP contribution >= 0.6 is 45.3 Å². The average Bonchev–Trinajstić information content (AvgIpc) is 4.13. The number of aliphatic hydroxyl groups is 2. The average molecular weight is 1180 g/mol. The predicted octanol–water partition coefficient (Wildman–Crippen LogP) is 5.99. The zero-order valence-electron chi connectivity index (χ0n) is 44.2. The fourth-order valence-electron chi connectivity index (χ4n) is 7.74. The number of nitrogens with one attached hydrogen (secondary N) is 2. The molecule has 404 valence electrons. The van der Waals surface area contributed by atoms with E-state index in [1.165, 1.54) is 29.8 Å². The molecule has 6 aromatic rings. The quantitative estimate of drug-likeness (QED) is 0.0607. The number of methoxy groups -OCH3 is 2.